The normalized spacial score (nSPS) is 11.4. The van der Waals surface area contributed by atoms with Crippen LogP contribution in [0.2, 0.25) is 0 Å². The summed E-state index contributed by atoms with van der Waals surface area (Å²) in [5.74, 6) is 0. The first-order chi connectivity index (χ1) is 15.9. The second-order valence-electron chi connectivity index (χ2n) is 7.55. The van der Waals surface area contributed by atoms with Crippen molar-refractivity contribution in [2.45, 2.75) is 13.8 Å². The van der Waals surface area contributed by atoms with E-state index in [0.717, 1.165) is 27.6 Å². The number of aromatic nitrogens is 3. The predicted octanol–water partition coefficient (Wildman–Crippen LogP) is 8.10. The minimum absolute atomic E-state index is 0.901. The minimum Gasteiger partial charge on any atom is -0.297 e. The van der Waals surface area contributed by atoms with Crippen molar-refractivity contribution in [3.8, 4) is 11.1 Å². The second kappa shape index (κ2) is 7.43. The van der Waals surface area contributed by atoms with Crippen LogP contribution < -0.4 is 0 Å². The molecule has 0 radical (unpaired) electrons. The first kappa shape index (κ1) is 19.0. The van der Waals surface area contributed by atoms with Gasteiger partial charge >= 0.3 is 0 Å². The Bertz CT molecular complexity index is 1760. The largest absolute Gasteiger partial charge is 0.297 e. The predicted molar refractivity (Wildman–Crippen MR) is 138 cm³/mol. The first-order valence-corrected chi connectivity index (χ1v) is 11.7. The number of hydrogen-bond acceptors (Lipinski definition) is 3. The van der Waals surface area contributed by atoms with E-state index < -0.39 is 0 Å². The molecule has 7 aromatic rings. The van der Waals surface area contributed by atoms with Crippen molar-refractivity contribution < 1.29 is 0 Å². The molecule has 3 aromatic carbocycles. The molecule has 0 saturated carbocycles. The molecule has 0 saturated heterocycles. The third kappa shape index (κ3) is 2.73. The van der Waals surface area contributed by atoms with Gasteiger partial charge in [-0.15, -0.1) is 11.3 Å². The number of fused-ring (bicyclic) bond motifs is 8. The van der Waals surface area contributed by atoms with Crippen LogP contribution in [-0.2, 0) is 0 Å². The lowest BCUT2D eigenvalue weighted by molar-refractivity contribution is 1.23. The van der Waals surface area contributed by atoms with E-state index in [1.165, 1.54) is 31.3 Å². The number of pyridine rings is 2. The monoisotopic (exact) mass is 431 g/mol. The Balaban J connectivity index is 0.000000953. The van der Waals surface area contributed by atoms with Crippen molar-refractivity contribution in [3.05, 3.63) is 91.3 Å². The molecule has 0 aliphatic rings. The molecule has 0 amide bonds. The van der Waals surface area contributed by atoms with Gasteiger partial charge in [-0.05, 0) is 42.0 Å². The van der Waals surface area contributed by atoms with Crippen LogP contribution in [0.5, 0.6) is 0 Å². The third-order valence-corrected chi connectivity index (χ3v) is 7.00. The van der Waals surface area contributed by atoms with Gasteiger partial charge < -0.3 is 0 Å². The van der Waals surface area contributed by atoms with Crippen LogP contribution in [0.25, 0.3) is 58.9 Å². The lowest BCUT2D eigenvalue weighted by Gasteiger charge is -2.09. The molecule has 7 rings (SSSR count). The summed E-state index contributed by atoms with van der Waals surface area (Å²) in [7, 11) is 0. The van der Waals surface area contributed by atoms with Gasteiger partial charge in [0.15, 0.2) is 5.65 Å². The van der Waals surface area contributed by atoms with Crippen LogP contribution in [0.3, 0.4) is 0 Å². The highest BCUT2D eigenvalue weighted by molar-refractivity contribution is 7.25. The SMILES string of the molecule is CC.c1ccc2c(c1)nc1c3ncccc3c(-c3ccc4sc5ccccc5c4c3)cn21. The summed E-state index contributed by atoms with van der Waals surface area (Å²) in [6, 6.07) is 27.8. The van der Waals surface area contributed by atoms with Crippen molar-refractivity contribution in [1.29, 1.82) is 0 Å². The van der Waals surface area contributed by atoms with Gasteiger partial charge in [0.2, 0.25) is 0 Å². The lowest BCUT2D eigenvalue weighted by atomic mass is 10.0. The lowest BCUT2D eigenvalue weighted by Crippen LogP contribution is -1.92. The summed E-state index contributed by atoms with van der Waals surface area (Å²) in [6.07, 6.45) is 4.06. The van der Waals surface area contributed by atoms with Crippen LogP contribution >= 0.6 is 11.3 Å². The van der Waals surface area contributed by atoms with E-state index in [-0.39, 0.29) is 0 Å². The molecular formula is C28H21N3S. The molecule has 0 N–H and O–H groups in total. The van der Waals surface area contributed by atoms with Gasteiger partial charge in [-0.1, -0.05) is 56.3 Å². The van der Waals surface area contributed by atoms with Crippen LogP contribution in [0.1, 0.15) is 13.8 Å². The van der Waals surface area contributed by atoms with Crippen LogP contribution in [0, 0.1) is 0 Å². The fourth-order valence-corrected chi connectivity index (χ4v) is 5.55. The Hall–Kier alpha value is -3.76. The smallest absolute Gasteiger partial charge is 0.164 e. The van der Waals surface area contributed by atoms with Gasteiger partial charge in [0.05, 0.1) is 11.0 Å². The molecule has 4 heteroatoms. The van der Waals surface area contributed by atoms with Crippen LogP contribution in [0.15, 0.2) is 91.3 Å². The van der Waals surface area contributed by atoms with E-state index in [2.05, 4.69) is 77.3 Å². The Morgan fingerprint density at radius 2 is 1.53 bits per heavy atom. The van der Waals surface area contributed by atoms with Crippen molar-refractivity contribution in [3.63, 3.8) is 0 Å². The van der Waals surface area contributed by atoms with E-state index in [1.807, 2.05) is 43.5 Å². The second-order valence-corrected chi connectivity index (χ2v) is 8.63. The van der Waals surface area contributed by atoms with Crippen LogP contribution in [-0.4, -0.2) is 14.4 Å². The fraction of sp³-hybridized carbons (Fsp3) is 0.0714. The third-order valence-electron chi connectivity index (χ3n) is 5.85. The first-order valence-electron chi connectivity index (χ1n) is 10.9. The topological polar surface area (TPSA) is 30.2 Å². The summed E-state index contributed by atoms with van der Waals surface area (Å²) < 4.78 is 4.82. The number of thiophene rings is 1. The van der Waals surface area contributed by atoms with E-state index in [9.17, 15) is 0 Å². The summed E-state index contributed by atoms with van der Waals surface area (Å²) in [5.41, 5.74) is 6.29. The van der Waals surface area contributed by atoms with Crippen molar-refractivity contribution in [2.24, 2.45) is 0 Å². The van der Waals surface area contributed by atoms with Gasteiger partial charge in [0.1, 0.15) is 5.52 Å². The molecule has 0 atom stereocenters. The van der Waals surface area contributed by atoms with Crippen molar-refractivity contribution in [2.75, 3.05) is 0 Å². The molecule has 4 aromatic heterocycles. The molecule has 154 valence electrons. The number of hydrogen-bond donors (Lipinski definition) is 0. The Morgan fingerprint density at radius 3 is 2.47 bits per heavy atom. The number of rotatable bonds is 1. The number of imidazole rings is 1. The fourth-order valence-electron chi connectivity index (χ4n) is 4.47. The molecule has 4 heterocycles. The molecule has 32 heavy (non-hydrogen) atoms. The molecule has 3 nitrogen and oxygen atoms in total. The van der Waals surface area contributed by atoms with E-state index >= 15 is 0 Å². The Labute approximate surface area is 189 Å². The molecule has 0 aliphatic carbocycles. The standard InChI is InChI=1S/C26H15N3S.C2H6/c1-4-10-23-17(6-1)19-14-16(11-12-24(19)30-23)20-15-29-22-9-3-2-8-21(22)28-26(29)25-18(20)7-5-13-27-25;1-2/h1-15H;1-2H3. The van der Waals surface area contributed by atoms with Crippen LogP contribution in [0.4, 0.5) is 0 Å². The zero-order valence-electron chi connectivity index (χ0n) is 17.9. The summed E-state index contributed by atoms with van der Waals surface area (Å²) in [6.45, 7) is 4.00. The molecule has 0 aliphatic heterocycles. The van der Waals surface area contributed by atoms with E-state index in [1.54, 1.807) is 0 Å². The highest BCUT2D eigenvalue weighted by Crippen LogP contribution is 2.38. The number of nitrogens with zero attached hydrogens (tertiary/aromatic N) is 3. The maximum atomic E-state index is 4.86. The Morgan fingerprint density at radius 1 is 0.750 bits per heavy atom. The highest BCUT2D eigenvalue weighted by atomic mass is 32.1. The van der Waals surface area contributed by atoms with Gasteiger partial charge in [-0.3, -0.25) is 9.38 Å². The maximum absolute atomic E-state index is 4.86. The minimum atomic E-state index is 0.901. The molecule has 0 unspecified atom stereocenters. The molecule has 0 bridgehead atoms. The van der Waals surface area contributed by atoms with Crippen molar-refractivity contribution in [1.82, 2.24) is 14.4 Å². The van der Waals surface area contributed by atoms with Gasteiger partial charge in [-0.2, -0.15) is 0 Å². The number of para-hydroxylation sites is 2. The van der Waals surface area contributed by atoms with E-state index in [0.29, 0.717) is 0 Å². The average Bonchev–Trinajstić information content (AvgIpc) is 3.43. The molecule has 0 spiro atoms. The zero-order chi connectivity index (χ0) is 21.7. The number of benzene rings is 3. The zero-order valence-corrected chi connectivity index (χ0v) is 18.7. The quantitative estimate of drug-likeness (QED) is 0.263. The maximum Gasteiger partial charge on any atom is 0.164 e. The van der Waals surface area contributed by atoms with Gasteiger partial charge in [-0.25, -0.2) is 4.98 Å². The van der Waals surface area contributed by atoms with Gasteiger partial charge in [0.25, 0.3) is 0 Å². The van der Waals surface area contributed by atoms with E-state index in [4.69, 9.17) is 9.97 Å². The summed E-state index contributed by atoms with van der Waals surface area (Å²) >= 11 is 1.85. The Kier molecular flexibility index (Phi) is 4.40. The highest BCUT2D eigenvalue weighted by Gasteiger charge is 2.14. The average molecular weight is 432 g/mol. The van der Waals surface area contributed by atoms with Gasteiger partial charge in [0, 0.05) is 43.5 Å². The summed E-state index contributed by atoms with van der Waals surface area (Å²) in [4.78, 5) is 9.57. The molecular weight excluding hydrogens is 410 g/mol. The summed E-state index contributed by atoms with van der Waals surface area (Å²) in [5, 5.41) is 3.75. The van der Waals surface area contributed by atoms with Crippen molar-refractivity contribution >= 4 is 59.1 Å². The molecule has 0 fully saturated rings.